The Labute approximate surface area is 187 Å². The van der Waals surface area contributed by atoms with Gasteiger partial charge in [0.1, 0.15) is 0 Å². The van der Waals surface area contributed by atoms with E-state index in [-0.39, 0.29) is 24.0 Å². The normalized spacial score (nSPS) is 16.1. The Morgan fingerprint density at radius 1 is 1.19 bits per heavy atom. The zero-order valence-electron chi connectivity index (χ0n) is 18.4. The van der Waals surface area contributed by atoms with Crippen molar-refractivity contribution in [1.29, 1.82) is 0 Å². The van der Waals surface area contributed by atoms with Gasteiger partial charge in [0.15, 0.2) is 11.5 Å². The average molecular weight is 450 g/mol. The van der Waals surface area contributed by atoms with Crippen LogP contribution in [0.15, 0.2) is 23.1 Å². The first kappa shape index (κ1) is 24.8. The number of benzene rings is 1. The first-order valence-electron chi connectivity index (χ1n) is 10.7. The molecule has 2 amide bonds. The molecule has 1 aromatic carbocycles. The lowest BCUT2D eigenvalue weighted by atomic mass is 10.1. The number of carbonyl (C=O) groups excluding carboxylic acids is 2. The van der Waals surface area contributed by atoms with Crippen molar-refractivity contribution < 1.29 is 29.0 Å². The van der Waals surface area contributed by atoms with Gasteiger partial charge in [-0.15, -0.1) is 0 Å². The van der Waals surface area contributed by atoms with Gasteiger partial charge in [0, 0.05) is 6.54 Å². The Bertz CT molecular complexity index is 822. The number of carboxylic acid groups (broad SMARTS) is 1. The topological polar surface area (TPSA) is 93.1 Å². The largest absolute Gasteiger partial charge is 0.493 e. The van der Waals surface area contributed by atoms with Crippen molar-refractivity contribution in [2.24, 2.45) is 0 Å². The molecule has 7 nitrogen and oxygen atoms in total. The Morgan fingerprint density at radius 3 is 2.61 bits per heavy atom. The molecule has 1 fully saturated rings. The van der Waals surface area contributed by atoms with Gasteiger partial charge in [-0.3, -0.25) is 19.3 Å². The highest BCUT2D eigenvalue weighted by atomic mass is 32.2. The average Bonchev–Trinajstić information content (AvgIpc) is 2.99. The number of rotatable bonds is 13. The maximum atomic E-state index is 12.4. The first-order valence-corrected chi connectivity index (χ1v) is 11.5. The summed E-state index contributed by atoms with van der Waals surface area (Å²) in [5.74, 6) is -0.349. The second kappa shape index (κ2) is 12.4. The number of carboxylic acids is 1. The van der Waals surface area contributed by atoms with Crippen molar-refractivity contribution in [3.63, 3.8) is 0 Å². The third kappa shape index (κ3) is 7.61. The van der Waals surface area contributed by atoms with Crippen molar-refractivity contribution in [2.45, 2.75) is 64.9 Å². The van der Waals surface area contributed by atoms with Gasteiger partial charge < -0.3 is 14.6 Å². The standard InChI is InChI=1S/C23H31NO6S/c1-4-5-6-7-8-9-16(2)30-18-11-10-17(14-19(18)29-3)15-20-22(27)24(23(28)31-20)13-12-21(25)26/h10-11,14-16H,4-9,12-13H2,1-3H3,(H,25,26). The Morgan fingerprint density at radius 2 is 1.94 bits per heavy atom. The SMILES string of the molecule is CCCCCCCC(C)Oc1ccc(C=C2SC(=O)N(CCC(=O)O)C2=O)cc1OC. The molecule has 1 aliphatic rings. The van der Waals surface area contributed by atoms with Crippen LogP contribution >= 0.6 is 11.8 Å². The van der Waals surface area contributed by atoms with Crippen LogP contribution in [0.1, 0.15) is 64.4 Å². The zero-order chi connectivity index (χ0) is 22.8. The predicted octanol–water partition coefficient (Wildman–Crippen LogP) is 5.33. The molecule has 2 rings (SSSR count). The van der Waals surface area contributed by atoms with Crippen LogP contribution in [0.3, 0.4) is 0 Å². The van der Waals surface area contributed by atoms with E-state index in [0.29, 0.717) is 17.1 Å². The third-order valence-corrected chi connectivity index (χ3v) is 5.86. The molecule has 0 saturated carbocycles. The second-order valence-electron chi connectivity index (χ2n) is 7.52. The number of ether oxygens (including phenoxy) is 2. The molecule has 0 radical (unpaired) electrons. The summed E-state index contributed by atoms with van der Waals surface area (Å²) < 4.78 is 11.5. The molecule has 31 heavy (non-hydrogen) atoms. The Balaban J connectivity index is 2.01. The quantitative estimate of drug-likeness (QED) is 0.321. The van der Waals surface area contributed by atoms with Crippen LogP contribution in [0.2, 0.25) is 0 Å². The molecule has 1 unspecified atom stereocenters. The summed E-state index contributed by atoms with van der Waals surface area (Å²) in [5, 5.41) is 8.32. The van der Waals surface area contributed by atoms with Crippen molar-refractivity contribution in [3.05, 3.63) is 28.7 Å². The molecule has 0 spiro atoms. The number of carbonyl (C=O) groups is 3. The van der Waals surface area contributed by atoms with Gasteiger partial charge in [0.2, 0.25) is 0 Å². The summed E-state index contributed by atoms with van der Waals surface area (Å²) in [5.41, 5.74) is 0.695. The highest BCUT2D eigenvalue weighted by Crippen LogP contribution is 2.35. The first-order chi connectivity index (χ1) is 14.8. The van der Waals surface area contributed by atoms with E-state index in [9.17, 15) is 14.4 Å². The summed E-state index contributed by atoms with van der Waals surface area (Å²) in [7, 11) is 1.56. The lowest BCUT2D eigenvalue weighted by molar-refractivity contribution is -0.137. The number of imide groups is 1. The third-order valence-electron chi connectivity index (χ3n) is 4.95. The van der Waals surface area contributed by atoms with Crippen LogP contribution < -0.4 is 9.47 Å². The van der Waals surface area contributed by atoms with Gasteiger partial charge in [0.25, 0.3) is 11.1 Å². The van der Waals surface area contributed by atoms with Crippen molar-refractivity contribution >= 4 is 35.0 Å². The molecule has 0 bridgehead atoms. The maximum absolute atomic E-state index is 12.4. The Hall–Kier alpha value is -2.48. The minimum absolute atomic E-state index is 0.0621. The van der Waals surface area contributed by atoms with Crippen molar-refractivity contribution in [2.75, 3.05) is 13.7 Å². The van der Waals surface area contributed by atoms with Gasteiger partial charge >= 0.3 is 5.97 Å². The van der Waals surface area contributed by atoms with E-state index < -0.39 is 17.1 Å². The lowest BCUT2D eigenvalue weighted by Gasteiger charge is -2.17. The maximum Gasteiger partial charge on any atom is 0.305 e. The van der Waals surface area contributed by atoms with Crippen LogP contribution in [-0.2, 0) is 9.59 Å². The van der Waals surface area contributed by atoms with Gasteiger partial charge in [-0.1, -0.05) is 38.7 Å². The zero-order valence-corrected chi connectivity index (χ0v) is 19.2. The number of hydrogen-bond acceptors (Lipinski definition) is 6. The second-order valence-corrected chi connectivity index (χ2v) is 8.51. The number of amides is 2. The van der Waals surface area contributed by atoms with Crippen LogP contribution in [0, 0.1) is 0 Å². The molecule has 1 aliphatic heterocycles. The van der Waals surface area contributed by atoms with Gasteiger partial charge in [-0.2, -0.15) is 0 Å². The van der Waals surface area contributed by atoms with Crippen molar-refractivity contribution in [3.8, 4) is 11.5 Å². The van der Waals surface area contributed by atoms with E-state index in [1.54, 1.807) is 31.4 Å². The molecular weight excluding hydrogens is 418 g/mol. The van der Waals surface area contributed by atoms with E-state index in [2.05, 4.69) is 6.92 Å². The van der Waals surface area contributed by atoms with Crippen LogP contribution in [0.4, 0.5) is 4.79 Å². The lowest BCUT2D eigenvalue weighted by Crippen LogP contribution is -2.30. The number of aliphatic carboxylic acids is 1. The summed E-state index contributed by atoms with van der Waals surface area (Å²) in [6.07, 6.45) is 8.44. The fraction of sp³-hybridized carbons (Fsp3) is 0.522. The monoisotopic (exact) mass is 449 g/mol. The number of nitrogens with zero attached hydrogens (tertiary/aromatic N) is 1. The van der Waals surface area contributed by atoms with E-state index in [4.69, 9.17) is 14.6 Å². The minimum Gasteiger partial charge on any atom is -0.493 e. The molecule has 1 N–H and O–H groups in total. The predicted molar refractivity (Wildman–Crippen MR) is 121 cm³/mol. The van der Waals surface area contributed by atoms with Gasteiger partial charge in [0.05, 0.1) is 24.5 Å². The number of methoxy groups -OCH3 is 1. The highest BCUT2D eigenvalue weighted by molar-refractivity contribution is 8.18. The minimum atomic E-state index is -1.06. The molecule has 0 aliphatic carbocycles. The molecule has 1 saturated heterocycles. The van der Waals surface area contributed by atoms with E-state index >= 15 is 0 Å². The number of hydrogen-bond donors (Lipinski definition) is 1. The molecular formula is C23H31NO6S. The molecule has 170 valence electrons. The molecule has 1 aromatic rings. The summed E-state index contributed by atoms with van der Waals surface area (Å²) in [6.45, 7) is 4.11. The van der Waals surface area contributed by atoms with E-state index in [1.807, 2.05) is 6.92 Å². The van der Waals surface area contributed by atoms with Gasteiger partial charge in [-0.05, 0) is 55.3 Å². The van der Waals surface area contributed by atoms with Crippen LogP contribution in [0.25, 0.3) is 6.08 Å². The van der Waals surface area contributed by atoms with Crippen LogP contribution in [-0.4, -0.2) is 46.9 Å². The fourth-order valence-electron chi connectivity index (χ4n) is 3.23. The summed E-state index contributed by atoms with van der Waals surface area (Å²) in [6, 6.07) is 5.36. The highest BCUT2D eigenvalue weighted by Gasteiger charge is 2.35. The molecule has 1 atom stereocenters. The molecule has 8 heteroatoms. The summed E-state index contributed by atoms with van der Waals surface area (Å²) in [4.78, 5) is 36.4. The molecule has 1 heterocycles. The Kier molecular flexibility index (Phi) is 9.91. The van der Waals surface area contributed by atoms with E-state index in [0.717, 1.165) is 29.5 Å². The van der Waals surface area contributed by atoms with Gasteiger partial charge in [-0.25, -0.2) is 0 Å². The van der Waals surface area contributed by atoms with Crippen LogP contribution in [0.5, 0.6) is 11.5 Å². The molecule has 0 aromatic heterocycles. The smallest absolute Gasteiger partial charge is 0.305 e. The van der Waals surface area contributed by atoms with Crippen molar-refractivity contribution in [1.82, 2.24) is 4.90 Å². The van der Waals surface area contributed by atoms with E-state index in [1.165, 1.54) is 25.7 Å². The number of unbranched alkanes of at least 4 members (excludes halogenated alkanes) is 4. The number of thioether (sulfide) groups is 1. The summed E-state index contributed by atoms with van der Waals surface area (Å²) >= 11 is 0.805. The fourth-order valence-corrected chi connectivity index (χ4v) is 4.10.